The average Bonchev–Trinajstić information content (AvgIpc) is 3.19. The number of aliphatic carboxylic acids is 1. The molecule has 0 aromatic heterocycles. The van der Waals surface area contributed by atoms with Crippen LogP contribution in [-0.4, -0.2) is 41.6 Å². The van der Waals surface area contributed by atoms with E-state index in [1.165, 1.54) is 4.90 Å². The molecule has 1 amide bonds. The molecular formula is C16H19NO4. The van der Waals surface area contributed by atoms with Crippen molar-refractivity contribution in [3.8, 4) is 5.75 Å². The number of para-hydroxylation sites is 1. The Labute approximate surface area is 123 Å². The predicted octanol–water partition coefficient (Wildman–Crippen LogP) is 1.66. The standard InChI is InChI=1S/C16H19NO4/c1-2-17(10-14(18)19)15(20)12-9-16(12)7-8-21-13-6-4-3-5-11(13)16/h3-6,12H,2,7-10H2,1H3,(H,18,19)/t12-,16-/m0/s1. The molecule has 5 heteroatoms. The van der Waals surface area contributed by atoms with Gasteiger partial charge in [-0.05, 0) is 25.8 Å². The fraction of sp³-hybridized carbons (Fsp3) is 0.500. The second-order valence-electron chi connectivity index (χ2n) is 5.75. The largest absolute Gasteiger partial charge is 0.493 e. The molecule has 2 aliphatic rings. The molecule has 5 nitrogen and oxygen atoms in total. The van der Waals surface area contributed by atoms with Crippen molar-refractivity contribution in [3.63, 3.8) is 0 Å². The monoisotopic (exact) mass is 289 g/mol. The van der Waals surface area contributed by atoms with Gasteiger partial charge in [-0.15, -0.1) is 0 Å². The molecule has 0 bridgehead atoms. The zero-order valence-electron chi connectivity index (χ0n) is 12.0. The summed E-state index contributed by atoms with van der Waals surface area (Å²) in [6.45, 7) is 2.63. The zero-order valence-corrected chi connectivity index (χ0v) is 12.0. The number of likely N-dealkylation sites (N-methyl/N-ethyl adjacent to an activating group) is 1. The van der Waals surface area contributed by atoms with E-state index in [4.69, 9.17) is 9.84 Å². The van der Waals surface area contributed by atoms with Gasteiger partial charge in [0.15, 0.2) is 0 Å². The molecule has 0 unspecified atom stereocenters. The maximum absolute atomic E-state index is 12.6. The number of hydrogen-bond acceptors (Lipinski definition) is 3. The first-order valence-electron chi connectivity index (χ1n) is 7.31. The molecule has 0 radical (unpaired) electrons. The van der Waals surface area contributed by atoms with Gasteiger partial charge >= 0.3 is 5.97 Å². The molecule has 1 N–H and O–H groups in total. The summed E-state index contributed by atoms with van der Waals surface area (Å²) in [6.07, 6.45) is 1.62. The van der Waals surface area contributed by atoms with Crippen molar-refractivity contribution in [2.24, 2.45) is 5.92 Å². The van der Waals surface area contributed by atoms with Gasteiger partial charge in [0.1, 0.15) is 12.3 Å². The zero-order chi connectivity index (χ0) is 15.0. The topological polar surface area (TPSA) is 66.8 Å². The van der Waals surface area contributed by atoms with Gasteiger partial charge in [-0.3, -0.25) is 9.59 Å². The van der Waals surface area contributed by atoms with Crippen LogP contribution in [-0.2, 0) is 15.0 Å². The molecule has 0 saturated heterocycles. The molecule has 1 aromatic rings. The molecule has 1 heterocycles. The van der Waals surface area contributed by atoms with Gasteiger partial charge in [-0.1, -0.05) is 18.2 Å². The van der Waals surface area contributed by atoms with Gasteiger partial charge in [0, 0.05) is 23.4 Å². The fourth-order valence-electron chi connectivity index (χ4n) is 3.41. The van der Waals surface area contributed by atoms with Crippen LogP contribution < -0.4 is 4.74 Å². The Balaban J connectivity index is 1.82. The maximum atomic E-state index is 12.6. The summed E-state index contributed by atoms with van der Waals surface area (Å²) in [7, 11) is 0. The first-order valence-corrected chi connectivity index (χ1v) is 7.31. The molecule has 1 saturated carbocycles. The first-order chi connectivity index (χ1) is 10.1. The Morgan fingerprint density at radius 2 is 2.19 bits per heavy atom. The van der Waals surface area contributed by atoms with E-state index in [2.05, 4.69) is 0 Å². The molecular weight excluding hydrogens is 270 g/mol. The van der Waals surface area contributed by atoms with Gasteiger partial charge in [-0.25, -0.2) is 0 Å². The van der Waals surface area contributed by atoms with Crippen molar-refractivity contribution < 1.29 is 19.4 Å². The molecule has 1 fully saturated rings. The third-order valence-corrected chi connectivity index (χ3v) is 4.62. The number of ether oxygens (including phenoxy) is 1. The smallest absolute Gasteiger partial charge is 0.323 e. The van der Waals surface area contributed by atoms with Crippen LogP contribution >= 0.6 is 0 Å². The van der Waals surface area contributed by atoms with E-state index < -0.39 is 5.97 Å². The second kappa shape index (κ2) is 5.06. The number of fused-ring (bicyclic) bond motifs is 2. The highest BCUT2D eigenvalue weighted by Gasteiger charge is 2.61. The Bertz CT molecular complexity index is 585. The van der Waals surface area contributed by atoms with Crippen LogP contribution in [0.3, 0.4) is 0 Å². The minimum absolute atomic E-state index is 0.0448. The van der Waals surface area contributed by atoms with Crippen LogP contribution in [0.2, 0.25) is 0 Å². The molecule has 112 valence electrons. The van der Waals surface area contributed by atoms with E-state index in [1.807, 2.05) is 31.2 Å². The SMILES string of the molecule is CCN(CC(=O)O)C(=O)[C@@H]1C[C@]12CCOc1ccccc12. The second-order valence-corrected chi connectivity index (χ2v) is 5.75. The van der Waals surface area contributed by atoms with Crippen molar-refractivity contribution in [2.75, 3.05) is 19.7 Å². The van der Waals surface area contributed by atoms with Crippen LogP contribution in [0, 0.1) is 5.92 Å². The van der Waals surface area contributed by atoms with Crippen molar-refractivity contribution >= 4 is 11.9 Å². The third kappa shape index (κ3) is 2.26. The van der Waals surface area contributed by atoms with Crippen molar-refractivity contribution in [2.45, 2.75) is 25.2 Å². The Morgan fingerprint density at radius 3 is 2.90 bits per heavy atom. The predicted molar refractivity (Wildman–Crippen MR) is 76.2 cm³/mol. The number of benzene rings is 1. The highest BCUT2D eigenvalue weighted by Crippen LogP contribution is 2.61. The third-order valence-electron chi connectivity index (χ3n) is 4.62. The quantitative estimate of drug-likeness (QED) is 0.915. The number of amides is 1. The molecule has 1 aliphatic heterocycles. The molecule has 3 rings (SSSR count). The molecule has 2 atom stereocenters. The fourth-order valence-corrected chi connectivity index (χ4v) is 3.41. The summed E-state index contributed by atoms with van der Waals surface area (Å²) in [5, 5.41) is 8.91. The number of nitrogens with zero attached hydrogens (tertiary/aromatic N) is 1. The van der Waals surface area contributed by atoms with E-state index in [1.54, 1.807) is 0 Å². The van der Waals surface area contributed by atoms with Crippen LogP contribution in [0.25, 0.3) is 0 Å². The Hall–Kier alpha value is -2.04. The van der Waals surface area contributed by atoms with E-state index in [0.29, 0.717) is 13.2 Å². The van der Waals surface area contributed by atoms with Crippen molar-refractivity contribution in [1.29, 1.82) is 0 Å². The number of rotatable bonds is 4. The highest BCUT2D eigenvalue weighted by molar-refractivity contribution is 5.87. The summed E-state index contributed by atoms with van der Waals surface area (Å²) in [6, 6.07) is 7.85. The van der Waals surface area contributed by atoms with E-state index in [-0.39, 0.29) is 23.8 Å². The van der Waals surface area contributed by atoms with E-state index >= 15 is 0 Å². The van der Waals surface area contributed by atoms with Crippen molar-refractivity contribution in [1.82, 2.24) is 4.90 Å². The van der Waals surface area contributed by atoms with Crippen LogP contribution in [0.5, 0.6) is 5.75 Å². The van der Waals surface area contributed by atoms with Gasteiger partial charge in [-0.2, -0.15) is 0 Å². The van der Waals surface area contributed by atoms with Gasteiger partial charge < -0.3 is 14.7 Å². The first kappa shape index (κ1) is 13.9. The Morgan fingerprint density at radius 1 is 1.43 bits per heavy atom. The average molecular weight is 289 g/mol. The lowest BCUT2D eigenvalue weighted by Crippen LogP contribution is -2.38. The minimum atomic E-state index is -0.965. The maximum Gasteiger partial charge on any atom is 0.323 e. The molecule has 1 spiro atoms. The lowest BCUT2D eigenvalue weighted by molar-refractivity contribution is -0.145. The van der Waals surface area contributed by atoms with Gasteiger partial charge in [0.05, 0.1) is 6.61 Å². The van der Waals surface area contributed by atoms with E-state index in [9.17, 15) is 9.59 Å². The van der Waals surface area contributed by atoms with Gasteiger partial charge in [0.25, 0.3) is 0 Å². The van der Waals surface area contributed by atoms with Gasteiger partial charge in [0.2, 0.25) is 5.91 Å². The number of carbonyl (C=O) groups excluding carboxylic acids is 1. The summed E-state index contributed by atoms with van der Waals surface area (Å²) in [5.74, 6) is -0.258. The van der Waals surface area contributed by atoms with E-state index in [0.717, 1.165) is 24.2 Å². The molecule has 1 aliphatic carbocycles. The highest BCUT2D eigenvalue weighted by atomic mass is 16.5. The summed E-state index contributed by atoms with van der Waals surface area (Å²) >= 11 is 0. The number of carbonyl (C=O) groups is 2. The Kier molecular flexibility index (Phi) is 3.35. The lowest BCUT2D eigenvalue weighted by Gasteiger charge is -2.28. The molecule has 1 aromatic carbocycles. The normalized spacial score (nSPS) is 25.9. The summed E-state index contributed by atoms with van der Waals surface area (Å²) in [5.41, 5.74) is 0.957. The summed E-state index contributed by atoms with van der Waals surface area (Å²) in [4.78, 5) is 24.9. The number of carboxylic acid groups (broad SMARTS) is 1. The van der Waals surface area contributed by atoms with Crippen molar-refractivity contribution in [3.05, 3.63) is 29.8 Å². The lowest BCUT2D eigenvalue weighted by atomic mass is 9.87. The summed E-state index contributed by atoms with van der Waals surface area (Å²) < 4.78 is 5.66. The minimum Gasteiger partial charge on any atom is -0.493 e. The number of hydrogen-bond donors (Lipinski definition) is 1. The van der Waals surface area contributed by atoms with Crippen LogP contribution in [0.15, 0.2) is 24.3 Å². The molecule has 21 heavy (non-hydrogen) atoms. The van der Waals surface area contributed by atoms with Crippen LogP contribution in [0.4, 0.5) is 0 Å². The number of carboxylic acids is 1. The van der Waals surface area contributed by atoms with Crippen LogP contribution in [0.1, 0.15) is 25.3 Å².